The number of H-pyrrole nitrogens is 2. The third kappa shape index (κ3) is 8.17. The number of piperidine rings is 2. The third-order valence-electron chi connectivity index (χ3n) is 14.1. The van der Waals surface area contributed by atoms with Crippen LogP contribution in [0.5, 0.6) is 0 Å². The highest BCUT2D eigenvalue weighted by molar-refractivity contribution is 6.32. The second kappa shape index (κ2) is 17.3. The van der Waals surface area contributed by atoms with Crippen LogP contribution in [0.2, 0.25) is 5.15 Å². The van der Waals surface area contributed by atoms with E-state index >= 15 is 0 Å². The first kappa shape index (κ1) is 41.6. The number of ether oxygens (including phenoxy) is 4. The summed E-state index contributed by atoms with van der Waals surface area (Å²) in [6.45, 7) is 2.12. The summed E-state index contributed by atoms with van der Waals surface area (Å²) in [5, 5.41) is 6.04. The molecule has 2 unspecified atom stereocenters. The Hall–Kier alpha value is -5.45. The van der Waals surface area contributed by atoms with Gasteiger partial charge in [0.2, 0.25) is 11.8 Å². The summed E-state index contributed by atoms with van der Waals surface area (Å²) in [5.41, 5.74) is 5.32. The number of benzene rings is 2. The minimum Gasteiger partial charge on any atom is -0.453 e. The first-order valence-corrected chi connectivity index (χ1v) is 22.6. The number of imidazole rings is 2. The second-order valence-electron chi connectivity index (χ2n) is 17.9. The zero-order valence-electron chi connectivity index (χ0n) is 35.4. The smallest absolute Gasteiger partial charge is 0.407 e. The Morgan fingerprint density at radius 1 is 0.698 bits per heavy atom. The lowest BCUT2D eigenvalue weighted by Gasteiger charge is -2.35. The molecule has 10 rings (SSSR count). The molecule has 332 valence electrons. The molecule has 4 aromatic rings. The SMILES string of the molecule is COC(=O)NC(C(=O)N1[C@@H]2C[C@@H]2C[C@H]1c1ncc(-c2ccc(-c3ccc(-c4nc([C@@H]5C[C@H]6C[C@H]6N5C(=O)C(NC(=O)OC)[C@H]5CCCOC5)[nH]c4Cl)cc3)cc2)[nH]1)[C@H]1CCCOC1. The van der Waals surface area contributed by atoms with E-state index in [0.29, 0.717) is 54.9 Å². The monoisotopic (exact) mass is 880 g/mol. The maximum atomic E-state index is 14.2. The van der Waals surface area contributed by atoms with Gasteiger partial charge in [0.1, 0.15) is 34.6 Å². The number of halogens is 1. The third-order valence-corrected chi connectivity index (χ3v) is 14.4. The molecule has 10 atom stereocenters. The van der Waals surface area contributed by atoms with E-state index in [1.165, 1.54) is 14.2 Å². The van der Waals surface area contributed by atoms with Crippen molar-refractivity contribution in [2.75, 3.05) is 40.6 Å². The van der Waals surface area contributed by atoms with Crippen LogP contribution in [0.3, 0.4) is 0 Å². The van der Waals surface area contributed by atoms with E-state index in [2.05, 4.69) is 44.9 Å². The molecule has 16 nitrogen and oxygen atoms in total. The van der Waals surface area contributed by atoms with Gasteiger partial charge in [-0.1, -0.05) is 60.1 Å². The Kier molecular flexibility index (Phi) is 11.4. The molecule has 63 heavy (non-hydrogen) atoms. The molecular weight excluding hydrogens is 828 g/mol. The maximum absolute atomic E-state index is 14.2. The number of rotatable bonds is 11. The van der Waals surface area contributed by atoms with Gasteiger partial charge in [0.15, 0.2) is 0 Å². The van der Waals surface area contributed by atoms with Gasteiger partial charge in [0, 0.05) is 42.7 Å². The number of fused-ring (bicyclic) bond motifs is 2. The van der Waals surface area contributed by atoms with Gasteiger partial charge in [-0.15, -0.1) is 0 Å². The van der Waals surface area contributed by atoms with Crippen LogP contribution in [0.15, 0.2) is 54.7 Å². The number of hydrogen-bond donors (Lipinski definition) is 4. The molecule has 4 aliphatic heterocycles. The average Bonchev–Trinajstić information content (AvgIpc) is 3.97. The van der Waals surface area contributed by atoms with E-state index in [4.69, 9.17) is 40.5 Å². The van der Waals surface area contributed by atoms with Gasteiger partial charge in [0.05, 0.1) is 51.4 Å². The van der Waals surface area contributed by atoms with Crippen molar-refractivity contribution < 1.29 is 38.1 Å². The van der Waals surface area contributed by atoms with Crippen molar-refractivity contribution in [1.29, 1.82) is 0 Å². The Bertz CT molecular complexity index is 2340. The first-order chi connectivity index (χ1) is 30.7. The number of aromatic nitrogens is 4. The number of amides is 4. The molecule has 2 aliphatic carbocycles. The van der Waals surface area contributed by atoms with Crippen molar-refractivity contribution in [2.24, 2.45) is 23.7 Å². The lowest BCUT2D eigenvalue weighted by atomic mass is 9.92. The van der Waals surface area contributed by atoms with Gasteiger partial charge in [-0.2, -0.15) is 0 Å². The normalized spacial score (nSPS) is 28.0. The number of methoxy groups -OCH3 is 2. The van der Waals surface area contributed by atoms with E-state index in [0.717, 1.165) is 85.1 Å². The van der Waals surface area contributed by atoms with E-state index < -0.39 is 24.3 Å². The van der Waals surface area contributed by atoms with Crippen molar-refractivity contribution in [3.05, 3.63) is 71.5 Å². The number of alkyl carbamates (subject to hydrolysis) is 2. The highest BCUT2D eigenvalue weighted by Gasteiger charge is 2.58. The van der Waals surface area contributed by atoms with Gasteiger partial charge in [0.25, 0.3) is 0 Å². The number of hydrogen-bond acceptors (Lipinski definition) is 10. The van der Waals surface area contributed by atoms with Gasteiger partial charge >= 0.3 is 12.2 Å². The molecule has 2 saturated carbocycles. The van der Waals surface area contributed by atoms with Crippen LogP contribution >= 0.6 is 11.6 Å². The summed E-state index contributed by atoms with van der Waals surface area (Å²) >= 11 is 6.82. The largest absolute Gasteiger partial charge is 0.453 e. The van der Waals surface area contributed by atoms with Crippen LogP contribution in [0.25, 0.3) is 33.6 Å². The predicted molar refractivity (Wildman–Crippen MR) is 230 cm³/mol. The Labute approximate surface area is 370 Å². The molecule has 4 saturated heterocycles. The molecule has 0 radical (unpaired) electrons. The molecule has 17 heteroatoms. The molecule has 2 aromatic carbocycles. The summed E-state index contributed by atoms with van der Waals surface area (Å²) in [4.78, 5) is 73.5. The molecule has 6 fully saturated rings. The van der Waals surface area contributed by atoms with Crippen molar-refractivity contribution in [1.82, 2.24) is 40.4 Å². The van der Waals surface area contributed by atoms with Gasteiger partial charge in [-0.25, -0.2) is 19.6 Å². The van der Waals surface area contributed by atoms with Crippen LogP contribution in [0.1, 0.15) is 75.1 Å². The highest BCUT2D eigenvalue weighted by atomic mass is 35.5. The number of nitrogens with one attached hydrogen (secondary N) is 4. The van der Waals surface area contributed by atoms with Crippen LogP contribution < -0.4 is 10.6 Å². The maximum Gasteiger partial charge on any atom is 0.407 e. The van der Waals surface area contributed by atoms with Crippen LogP contribution in [-0.4, -0.2) is 119 Å². The van der Waals surface area contributed by atoms with Crippen molar-refractivity contribution >= 4 is 35.6 Å². The van der Waals surface area contributed by atoms with Crippen molar-refractivity contribution in [2.45, 2.75) is 87.6 Å². The summed E-state index contributed by atoms with van der Waals surface area (Å²) in [7, 11) is 2.61. The molecular formula is C46H53ClN8O8. The molecule has 2 aromatic heterocycles. The Morgan fingerprint density at radius 3 is 1.68 bits per heavy atom. The molecule has 4 amide bonds. The zero-order valence-corrected chi connectivity index (χ0v) is 36.1. The van der Waals surface area contributed by atoms with Crippen LogP contribution in [-0.2, 0) is 28.5 Å². The van der Waals surface area contributed by atoms with Crippen LogP contribution in [0, 0.1) is 23.7 Å². The van der Waals surface area contributed by atoms with Gasteiger partial charge < -0.3 is 49.3 Å². The van der Waals surface area contributed by atoms with E-state index in [-0.39, 0.29) is 47.8 Å². The topological polar surface area (TPSA) is 193 Å². The molecule has 0 spiro atoms. The first-order valence-electron chi connectivity index (χ1n) is 22.2. The van der Waals surface area contributed by atoms with Crippen molar-refractivity contribution in [3.8, 4) is 33.6 Å². The number of likely N-dealkylation sites (tertiary alicyclic amines) is 2. The minimum atomic E-state index is -0.756. The number of carbonyl (C=O) groups excluding carboxylic acids is 4. The average molecular weight is 881 g/mol. The van der Waals surface area contributed by atoms with E-state index in [9.17, 15) is 19.2 Å². The second-order valence-corrected chi connectivity index (χ2v) is 18.3. The number of nitrogens with zero attached hydrogens (tertiary/aromatic N) is 4. The number of carbonyl (C=O) groups is 4. The minimum absolute atomic E-state index is 0.0966. The molecule has 6 aliphatic rings. The van der Waals surface area contributed by atoms with Crippen LogP contribution in [0.4, 0.5) is 9.59 Å². The fourth-order valence-electron chi connectivity index (χ4n) is 10.6. The standard InChI is InChI=1S/C46H53ClN8O8/c1-60-45(58)51-38(28-5-3-15-62-22-28)43(56)54-33-17-30(33)19-35(54)41-48-21-32(49-41)26-11-7-24(8-12-26)25-9-13-27(14-10-25)37-40(47)53-42(50-37)36-20-31-18-34(31)55(36)44(57)39(52-46(59)61-2)29-6-4-16-63-23-29/h7-14,21,28-31,33-36,38-39H,3-6,15-20,22-23H2,1-2H3,(H,48,49)(H,50,53)(H,51,58)(H,52,59)/t28-,29-,30+,31+,33+,34+,35-,36-,38?,39?/m0/s1. The summed E-state index contributed by atoms with van der Waals surface area (Å²) in [6.07, 6.45) is 7.27. The fraction of sp³-hybridized carbons (Fsp3) is 0.522. The van der Waals surface area contributed by atoms with Crippen molar-refractivity contribution in [3.63, 3.8) is 0 Å². The van der Waals surface area contributed by atoms with E-state index in [1.54, 1.807) is 0 Å². The number of aromatic amines is 2. The quantitative estimate of drug-likeness (QED) is 0.131. The molecule has 6 heterocycles. The van der Waals surface area contributed by atoms with Gasteiger partial charge in [-0.05, 0) is 79.9 Å². The Balaban J connectivity index is 0.817. The highest BCUT2D eigenvalue weighted by Crippen LogP contribution is 2.55. The fourth-order valence-corrected chi connectivity index (χ4v) is 10.8. The Morgan fingerprint density at radius 2 is 1.19 bits per heavy atom. The van der Waals surface area contributed by atoms with E-state index in [1.807, 2.05) is 40.3 Å². The zero-order chi connectivity index (χ0) is 43.4. The lowest BCUT2D eigenvalue weighted by Crippen LogP contribution is -2.54. The molecule has 4 N–H and O–H groups in total. The lowest BCUT2D eigenvalue weighted by molar-refractivity contribution is -0.139. The predicted octanol–water partition coefficient (Wildman–Crippen LogP) is 6.41. The summed E-state index contributed by atoms with van der Waals surface area (Å²) < 4.78 is 21.2. The summed E-state index contributed by atoms with van der Waals surface area (Å²) in [5.74, 6) is 1.64. The summed E-state index contributed by atoms with van der Waals surface area (Å²) in [6, 6.07) is 14.6. The molecule has 0 bridgehead atoms. The van der Waals surface area contributed by atoms with Gasteiger partial charge in [-0.3, -0.25) is 9.59 Å².